The van der Waals surface area contributed by atoms with Gasteiger partial charge in [-0.1, -0.05) is 32.1 Å². The number of benzene rings is 1. The molecule has 0 bridgehead atoms. The Balaban J connectivity index is 1.79. The van der Waals surface area contributed by atoms with Gasteiger partial charge < -0.3 is 0 Å². The minimum atomic E-state index is -3.23. The fourth-order valence-electron chi connectivity index (χ4n) is 2.73. The van der Waals surface area contributed by atoms with E-state index >= 15 is 0 Å². The van der Waals surface area contributed by atoms with Gasteiger partial charge in [0.2, 0.25) is 15.2 Å². The zero-order valence-electron chi connectivity index (χ0n) is 15.2. The van der Waals surface area contributed by atoms with Gasteiger partial charge in [-0.05, 0) is 37.1 Å². The molecule has 0 spiro atoms. The third-order valence-corrected chi connectivity index (χ3v) is 7.26. The van der Waals surface area contributed by atoms with E-state index in [4.69, 9.17) is 0 Å². The molecule has 0 aliphatic carbocycles. The van der Waals surface area contributed by atoms with Crippen molar-refractivity contribution in [1.29, 1.82) is 0 Å². The number of aromatic nitrogens is 2. The van der Waals surface area contributed by atoms with E-state index in [1.54, 1.807) is 25.1 Å². The smallest absolute Gasteiger partial charge is 0.257 e. The average molecular weight is 395 g/mol. The van der Waals surface area contributed by atoms with E-state index in [1.807, 2.05) is 20.8 Å². The first-order chi connectivity index (χ1) is 12.1. The van der Waals surface area contributed by atoms with E-state index in [0.29, 0.717) is 34.9 Å². The van der Waals surface area contributed by atoms with Gasteiger partial charge in [-0.25, -0.2) is 8.42 Å². The van der Waals surface area contributed by atoms with Crippen molar-refractivity contribution in [2.24, 2.45) is 0 Å². The average Bonchev–Trinajstić information content (AvgIpc) is 3.12. The molecule has 1 N–H and O–H groups in total. The number of hydrogen-bond acceptors (Lipinski definition) is 6. The second-order valence-corrected chi connectivity index (χ2v) is 10.3. The van der Waals surface area contributed by atoms with Crippen LogP contribution in [0.1, 0.15) is 48.1 Å². The van der Waals surface area contributed by atoms with Crippen LogP contribution >= 0.6 is 11.3 Å². The Morgan fingerprint density at radius 1 is 1.27 bits per heavy atom. The number of hydrogen-bond donors (Lipinski definition) is 1. The highest BCUT2D eigenvalue weighted by Gasteiger charge is 2.29. The van der Waals surface area contributed by atoms with Crippen molar-refractivity contribution in [3.63, 3.8) is 0 Å². The summed E-state index contributed by atoms with van der Waals surface area (Å²) in [7, 11) is -3.23. The van der Waals surface area contributed by atoms with Crippen molar-refractivity contribution in [2.75, 3.05) is 21.9 Å². The third kappa shape index (κ3) is 3.73. The standard InChI is InChI=1S/C17H22N4O3S2/c1-11-10-12(21-8-5-9-26(21,23)24)6-7-13(11)14(22)18-16-20-19-15(25-16)17(2,3)4/h6-7,10H,5,8-9H2,1-4H3,(H,18,20,22). The van der Waals surface area contributed by atoms with Crippen LogP contribution in [-0.4, -0.2) is 36.8 Å². The Hall–Kier alpha value is -2.00. The quantitative estimate of drug-likeness (QED) is 0.864. The molecule has 1 aromatic heterocycles. The van der Waals surface area contributed by atoms with Gasteiger partial charge >= 0.3 is 0 Å². The molecule has 7 nitrogen and oxygen atoms in total. The van der Waals surface area contributed by atoms with Crippen LogP contribution in [0.3, 0.4) is 0 Å². The largest absolute Gasteiger partial charge is 0.296 e. The van der Waals surface area contributed by atoms with Crippen LogP contribution < -0.4 is 9.62 Å². The molecule has 1 aromatic carbocycles. The number of anilines is 2. The van der Waals surface area contributed by atoms with Gasteiger partial charge in [0.1, 0.15) is 5.01 Å². The van der Waals surface area contributed by atoms with E-state index in [9.17, 15) is 13.2 Å². The van der Waals surface area contributed by atoms with Crippen LogP contribution in [0.4, 0.5) is 10.8 Å². The fraction of sp³-hybridized carbons (Fsp3) is 0.471. The summed E-state index contributed by atoms with van der Waals surface area (Å²) in [6.45, 7) is 8.38. The molecule has 1 saturated heterocycles. The lowest BCUT2D eigenvalue weighted by atomic mass is 9.98. The molecule has 9 heteroatoms. The van der Waals surface area contributed by atoms with Crippen LogP contribution in [0, 0.1) is 6.92 Å². The number of nitrogens with one attached hydrogen (secondary N) is 1. The minimum absolute atomic E-state index is 0.126. The van der Waals surface area contributed by atoms with Gasteiger partial charge in [-0.15, -0.1) is 10.2 Å². The predicted octanol–water partition coefficient (Wildman–Crippen LogP) is 2.94. The number of rotatable bonds is 3. The van der Waals surface area contributed by atoms with Gasteiger partial charge in [0, 0.05) is 17.5 Å². The summed E-state index contributed by atoms with van der Waals surface area (Å²) in [4.78, 5) is 12.5. The van der Waals surface area contributed by atoms with Crippen molar-refractivity contribution >= 4 is 38.1 Å². The summed E-state index contributed by atoms with van der Waals surface area (Å²) in [5, 5.41) is 12.2. The fourth-order valence-corrected chi connectivity index (χ4v) is 5.08. The number of amides is 1. The second kappa shape index (κ2) is 6.62. The Morgan fingerprint density at radius 2 is 2.00 bits per heavy atom. The molecule has 26 heavy (non-hydrogen) atoms. The monoisotopic (exact) mass is 394 g/mol. The number of aryl methyl sites for hydroxylation is 1. The first-order valence-electron chi connectivity index (χ1n) is 8.34. The molecule has 3 rings (SSSR count). The minimum Gasteiger partial charge on any atom is -0.296 e. The van der Waals surface area contributed by atoms with E-state index in [-0.39, 0.29) is 17.1 Å². The van der Waals surface area contributed by atoms with Gasteiger partial charge in [-0.3, -0.25) is 14.4 Å². The van der Waals surface area contributed by atoms with Crippen molar-refractivity contribution in [3.8, 4) is 0 Å². The SMILES string of the molecule is Cc1cc(N2CCCS2(=O)=O)ccc1C(=O)Nc1nnc(C(C)(C)C)s1. The number of sulfonamides is 1. The maximum absolute atomic E-state index is 12.5. The Kier molecular flexibility index (Phi) is 4.78. The molecule has 1 aliphatic heterocycles. The Labute approximate surface area is 157 Å². The summed E-state index contributed by atoms with van der Waals surface area (Å²) >= 11 is 1.35. The van der Waals surface area contributed by atoms with E-state index in [2.05, 4.69) is 15.5 Å². The van der Waals surface area contributed by atoms with E-state index < -0.39 is 10.0 Å². The highest BCUT2D eigenvalue weighted by Crippen LogP contribution is 2.29. The van der Waals surface area contributed by atoms with Crippen molar-refractivity contribution in [1.82, 2.24) is 10.2 Å². The lowest BCUT2D eigenvalue weighted by Crippen LogP contribution is -2.25. The molecule has 140 valence electrons. The molecule has 0 radical (unpaired) electrons. The number of nitrogens with zero attached hydrogens (tertiary/aromatic N) is 3. The van der Waals surface area contributed by atoms with Crippen LogP contribution in [-0.2, 0) is 15.4 Å². The van der Waals surface area contributed by atoms with E-state index in [1.165, 1.54) is 15.6 Å². The van der Waals surface area contributed by atoms with Crippen molar-refractivity contribution in [3.05, 3.63) is 34.3 Å². The number of carbonyl (C=O) groups is 1. The molecule has 1 fully saturated rings. The summed E-state index contributed by atoms with van der Waals surface area (Å²) in [6, 6.07) is 5.06. The number of carbonyl (C=O) groups excluding carboxylic acids is 1. The molecular weight excluding hydrogens is 372 g/mol. The summed E-state index contributed by atoms with van der Waals surface area (Å²) in [5.41, 5.74) is 1.67. The molecule has 0 atom stereocenters. The second-order valence-electron chi connectivity index (χ2n) is 7.36. The predicted molar refractivity (Wildman–Crippen MR) is 103 cm³/mol. The molecule has 0 saturated carbocycles. The van der Waals surface area contributed by atoms with Crippen LogP contribution in [0.5, 0.6) is 0 Å². The zero-order chi connectivity index (χ0) is 19.1. The molecule has 2 aromatic rings. The molecule has 2 heterocycles. The van der Waals surface area contributed by atoms with Crippen molar-refractivity contribution in [2.45, 2.75) is 39.5 Å². The topological polar surface area (TPSA) is 92.3 Å². The van der Waals surface area contributed by atoms with Gasteiger partial charge in [0.15, 0.2) is 0 Å². The zero-order valence-corrected chi connectivity index (χ0v) is 16.9. The molecular formula is C17H22N4O3S2. The van der Waals surface area contributed by atoms with Crippen LogP contribution in [0.2, 0.25) is 0 Å². The molecule has 0 unspecified atom stereocenters. The maximum Gasteiger partial charge on any atom is 0.257 e. The first-order valence-corrected chi connectivity index (χ1v) is 10.8. The molecule has 1 amide bonds. The summed E-state index contributed by atoms with van der Waals surface area (Å²) < 4.78 is 25.5. The van der Waals surface area contributed by atoms with Gasteiger partial charge in [0.05, 0.1) is 11.4 Å². The van der Waals surface area contributed by atoms with Crippen LogP contribution in [0.25, 0.3) is 0 Å². The Bertz CT molecular complexity index is 945. The normalized spacial score (nSPS) is 16.7. The van der Waals surface area contributed by atoms with Gasteiger partial charge in [0.25, 0.3) is 5.91 Å². The maximum atomic E-state index is 12.5. The summed E-state index contributed by atoms with van der Waals surface area (Å²) in [6.07, 6.45) is 0.622. The highest BCUT2D eigenvalue weighted by molar-refractivity contribution is 7.93. The molecule has 1 aliphatic rings. The Morgan fingerprint density at radius 3 is 2.54 bits per heavy atom. The summed E-state index contributed by atoms with van der Waals surface area (Å²) in [5.74, 6) is -0.114. The van der Waals surface area contributed by atoms with E-state index in [0.717, 1.165) is 5.01 Å². The third-order valence-electron chi connectivity index (χ3n) is 4.13. The highest BCUT2D eigenvalue weighted by atomic mass is 32.2. The first kappa shape index (κ1) is 18.8. The van der Waals surface area contributed by atoms with Crippen molar-refractivity contribution < 1.29 is 13.2 Å². The lowest BCUT2D eigenvalue weighted by molar-refractivity contribution is 0.102. The van der Waals surface area contributed by atoms with Crippen LogP contribution in [0.15, 0.2) is 18.2 Å². The van der Waals surface area contributed by atoms with Gasteiger partial charge in [-0.2, -0.15) is 0 Å². The lowest BCUT2D eigenvalue weighted by Gasteiger charge is -2.18.